The lowest BCUT2D eigenvalue weighted by Gasteiger charge is -1.79. The molecule has 4 N–H and O–H groups in total. The molecule has 0 aliphatic carbocycles. The average Bonchev–Trinajstić information content (AvgIpc) is 2.62. The first kappa shape index (κ1) is 34.9. The Bertz CT molecular complexity index is 517. The number of carbonyl (C=O) groups is 10. The number of hydrogen-bond acceptors (Lipinski definition) is 11. The summed E-state index contributed by atoms with van der Waals surface area (Å²) in [4.78, 5) is 92.4. The number of ether oxygens (including phenoxy) is 1. The maximum Gasteiger partial charge on any atom is 0.371 e. The van der Waals surface area contributed by atoms with Crippen LogP contribution in [0.4, 0.5) is 0 Å². The van der Waals surface area contributed by atoms with Crippen LogP contribution < -0.4 is 0 Å². The van der Waals surface area contributed by atoms with E-state index in [1.807, 2.05) is 0 Å². The van der Waals surface area contributed by atoms with Crippen molar-refractivity contribution in [2.75, 3.05) is 7.11 Å². The molecule has 158 valence electrons. The Morgan fingerprint density at radius 1 is 0.607 bits per heavy atom. The second-order valence-corrected chi connectivity index (χ2v) is 3.28. The van der Waals surface area contributed by atoms with Gasteiger partial charge >= 0.3 is 29.8 Å². The highest BCUT2D eigenvalue weighted by Gasteiger charge is 1.99. The predicted molar refractivity (Wildman–Crippen MR) is 82.1 cm³/mol. The van der Waals surface area contributed by atoms with E-state index in [0.717, 1.165) is 21.0 Å². The monoisotopic (exact) mass is 412 g/mol. The number of rotatable bonds is 5. The van der Waals surface area contributed by atoms with Gasteiger partial charge in [0.05, 0.1) is 7.11 Å². The molecular formula is C13H16O15. The Hall–Kier alpha value is -4.30. The molecule has 0 spiro atoms. The molecule has 28 heavy (non-hydrogen) atoms. The second kappa shape index (κ2) is 24.9. The molecular weight excluding hydrogens is 396 g/mol. The summed E-state index contributed by atoms with van der Waals surface area (Å²) in [6.45, 7) is 2.00. The average molecular weight is 412 g/mol. The van der Waals surface area contributed by atoms with Crippen molar-refractivity contribution in [1.29, 1.82) is 0 Å². The van der Waals surface area contributed by atoms with Crippen LogP contribution in [0.25, 0.3) is 0 Å². The zero-order valence-electron chi connectivity index (χ0n) is 14.5. The lowest BCUT2D eigenvalue weighted by Crippen LogP contribution is -2.05. The lowest BCUT2D eigenvalue weighted by molar-refractivity contribution is -0.148. The van der Waals surface area contributed by atoms with Gasteiger partial charge in [-0.2, -0.15) is 0 Å². The van der Waals surface area contributed by atoms with E-state index >= 15 is 0 Å². The number of carboxylic acid groups (broad SMARTS) is 4. The fraction of sp³-hybridized carbons (Fsp3) is 0.231. The summed E-state index contributed by atoms with van der Waals surface area (Å²) in [5.41, 5.74) is 0. The third-order valence-electron chi connectivity index (χ3n) is 1.10. The van der Waals surface area contributed by atoms with Gasteiger partial charge in [-0.3, -0.25) is 24.0 Å². The molecule has 15 heteroatoms. The number of Topliss-reactive ketones (excluding diaryl/α,β-unsaturated/α-hetero) is 2. The van der Waals surface area contributed by atoms with Gasteiger partial charge in [0.1, 0.15) is 0 Å². The molecule has 0 rings (SSSR count). The number of ketones is 2. The van der Waals surface area contributed by atoms with Gasteiger partial charge in [-0.15, -0.1) is 0 Å². The van der Waals surface area contributed by atoms with E-state index in [9.17, 15) is 28.8 Å². The van der Waals surface area contributed by atoms with E-state index in [1.54, 1.807) is 0 Å². The number of aliphatic carboxylic acids is 4. The Labute approximate surface area is 155 Å². The first-order valence-corrected chi connectivity index (χ1v) is 6.01. The number of hydrogen-bond donors (Lipinski definition) is 4. The van der Waals surface area contributed by atoms with Crippen molar-refractivity contribution >= 4 is 60.3 Å². The Morgan fingerprint density at radius 3 is 0.786 bits per heavy atom. The standard InChI is InChI=1S/3C3H4O3.2C2H2O3/c1-6-3(5)2-4;2*1-2(4)3(5)6;2*3-1-2(4)5/h2H,1H3;2*1H3,(H,5,6);2*1H,(H,4,5). The molecule has 0 atom stereocenters. The van der Waals surface area contributed by atoms with Crippen molar-refractivity contribution in [2.45, 2.75) is 13.8 Å². The van der Waals surface area contributed by atoms with Gasteiger partial charge in [-0.1, -0.05) is 0 Å². The minimum absolute atomic E-state index is 0.111. The summed E-state index contributed by atoms with van der Waals surface area (Å²) in [6.07, 6.45) is -0.222. The minimum Gasteiger partial charge on any atom is -0.476 e. The van der Waals surface area contributed by atoms with Gasteiger partial charge in [-0.05, 0) is 0 Å². The summed E-state index contributed by atoms with van der Waals surface area (Å²) < 4.78 is 3.89. The van der Waals surface area contributed by atoms with Gasteiger partial charge in [0, 0.05) is 13.8 Å². The van der Waals surface area contributed by atoms with Crippen LogP contribution in [0.15, 0.2) is 0 Å². The molecule has 0 aromatic carbocycles. The molecule has 0 bridgehead atoms. The molecule has 0 unspecified atom stereocenters. The lowest BCUT2D eigenvalue weighted by atomic mass is 10.5. The van der Waals surface area contributed by atoms with Crippen molar-refractivity contribution in [3.05, 3.63) is 0 Å². The van der Waals surface area contributed by atoms with Gasteiger partial charge < -0.3 is 25.2 Å². The number of carboxylic acids is 4. The highest BCUT2D eigenvalue weighted by molar-refractivity contribution is 6.31. The van der Waals surface area contributed by atoms with E-state index in [0.29, 0.717) is 0 Å². The van der Waals surface area contributed by atoms with Gasteiger partial charge in [0.15, 0.2) is 0 Å². The van der Waals surface area contributed by atoms with Crippen LogP contribution in [-0.2, 0) is 52.7 Å². The Balaban J connectivity index is -0.0000000789. The van der Waals surface area contributed by atoms with Crippen molar-refractivity contribution in [3.63, 3.8) is 0 Å². The summed E-state index contributed by atoms with van der Waals surface area (Å²) in [6, 6.07) is 0. The van der Waals surface area contributed by atoms with Crippen molar-refractivity contribution < 1.29 is 73.1 Å². The minimum atomic E-state index is -1.43. The maximum absolute atomic E-state index is 9.59. The quantitative estimate of drug-likeness (QED) is 0.202. The van der Waals surface area contributed by atoms with Gasteiger partial charge in [0.25, 0.3) is 0 Å². The predicted octanol–water partition coefficient (Wildman–Crippen LogP) is -2.78. The number of aldehydes is 3. The highest BCUT2D eigenvalue weighted by Crippen LogP contribution is 1.62. The first-order valence-electron chi connectivity index (χ1n) is 6.01. The van der Waals surface area contributed by atoms with E-state index in [1.165, 1.54) is 0 Å². The molecule has 0 aliphatic rings. The number of carbonyl (C=O) groups excluding carboxylic acids is 6. The third kappa shape index (κ3) is 67.9. The third-order valence-corrected chi connectivity index (χ3v) is 1.10. The molecule has 0 amide bonds. The zero-order chi connectivity index (χ0) is 23.9. The van der Waals surface area contributed by atoms with E-state index in [2.05, 4.69) is 4.74 Å². The highest BCUT2D eigenvalue weighted by atomic mass is 16.5. The fourth-order valence-corrected chi connectivity index (χ4v) is 0.0481. The van der Waals surface area contributed by atoms with Crippen LogP contribution in [0.3, 0.4) is 0 Å². The zero-order valence-corrected chi connectivity index (χ0v) is 14.5. The van der Waals surface area contributed by atoms with Crippen molar-refractivity contribution in [3.8, 4) is 0 Å². The topological polar surface area (TPSA) is 261 Å². The van der Waals surface area contributed by atoms with E-state index < -0.39 is 41.4 Å². The Kier molecular flexibility index (Phi) is 31.1. The van der Waals surface area contributed by atoms with E-state index in [4.69, 9.17) is 39.6 Å². The largest absolute Gasteiger partial charge is 0.476 e. The summed E-state index contributed by atoms with van der Waals surface area (Å²) in [7, 11) is 1.15. The molecule has 0 aliphatic heterocycles. The van der Waals surface area contributed by atoms with Crippen LogP contribution >= 0.6 is 0 Å². The van der Waals surface area contributed by atoms with Crippen molar-refractivity contribution in [2.24, 2.45) is 0 Å². The summed E-state index contributed by atoms with van der Waals surface area (Å²) in [5.74, 6) is -8.10. The van der Waals surface area contributed by atoms with Crippen LogP contribution in [0.2, 0.25) is 0 Å². The van der Waals surface area contributed by atoms with Gasteiger partial charge in [-0.25, -0.2) is 24.0 Å². The summed E-state index contributed by atoms with van der Waals surface area (Å²) in [5, 5.41) is 30.0. The number of esters is 1. The van der Waals surface area contributed by atoms with Crippen LogP contribution in [-0.4, -0.2) is 87.8 Å². The van der Waals surface area contributed by atoms with Crippen molar-refractivity contribution in [1.82, 2.24) is 0 Å². The SMILES string of the molecule is CC(=O)C(=O)O.CC(=O)C(=O)O.COC(=O)C=O.O=CC(=O)O.O=CC(=O)O. The Morgan fingerprint density at radius 2 is 0.786 bits per heavy atom. The summed E-state index contributed by atoms with van der Waals surface area (Å²) >= 11 is 0. The molecule has 0 radical (unpaired) electrons. The fourth-order valence-electron chi connectivity index (χ4n) is 0.0481. The molecule has 0 aromatic heterocycles. The molecule has 0 saturated carbocycles. The smallest absolute Gasteiger partial charge is 0.371 e. The molecule has 15 nitrogen and oxygen atoms in total. The molecule has 0 heterocycles. The van der Waals surface area contributed by atoms with E-state index in [-0.39, 0.29) is 18.9 Å². The molecule has 0 fully saturated rings. The van der Waals surface area contributed by atoms with Gasteiger partial charge in [0.2, 0.25) is 30.4 Å². The number of methoxy groups -OCH3 is 1. The normalized spacial score (nSPS) is 6.96. The van der Waals surface area contributed by atoms with Crippen LogP contribution in [0.1, 0.15) is 13.8 Å². The second-order valence-electron chi connectivity index (χ2n) is 3.28. The maximum atomic E-state index is 9.59. The first-order chi connectivity index (χ1) is 12.6. The van der Waals surface area contributed by atoms with Crippen LogP contribution in [0, 0.1) is 0 Å². The molecule has 0 aromatic rings. The molecule has 0 saturated heterocycles. The van der Waals surface area contributed by atoms with Crippen LogP contribution in [0.5, 0.6) is 0 Å².